The maximum absolute atomic E-state index is 12.2. The van der Waals surface area contributed by atoms with Gasteiger partial charge in [-0.05, 0) is 56.6 Å². The number of aromatic nitrogens is 3. The monoisotopic (exact) mass is 378 g/mol. The third-order valence-electron chi connectivity index (χ3n) is 5.03. The summed E-state index contributed by atoms with van der Waals surface area (Å²) >= 11 is 0. The van der Waals surface area contributed by atoms with Crippen molar-refractivity contribution in [1.29, 1.82) is 0 Å². The zero-order chi connectivity index (χ0) is 19.5. The van der Waals surface area contributed by atoms with Gasteiger partial charge in [0.25, 0.3) is 0 Å². The van der Waals surface area contributed by atoms with Gasteiger partial charge in [-0.1, -0.05) is 6.07 Å². The van der Waals surface area contributed by atoms with E-state index >= 15 is 0 Å². The summed E-state index contributed by atoms with van der Waals surface area (Å²) in [5, 5.41) is 11.5. The quantitative estimate of drug-likeness (QED) is 0.682. The normalized spacial score (nSPS) is 15.5. The first kappa shape index (κ1) is 18.1. The topological polar surface area (TPSA) is 92.1 Å². The Labute approximate surface area is 162 Å². The summed E-state index contributed by atoms with van der Waals surface area (Å²) in [5.74, 6) is -1.45. The molecule has 1 saturated heterocycles. The number of pyridine rings is 1. The molecular formula is C20H22N6O2. The van der Waals surface area contributed by atoms with E-state index in [2.05, 4.69) is 32.7 Å². The van der Waals surface area contributed by atoms with Crippen LogP contribution in [0.25, 0.3) is 10.8 Å². The molecule has 0 unspecified atom stereocenters. The molecule has 2 amide bonds. The van der Waals surface area contributed by atoms with Crippen molar-refractivity contribution in [2.75, 3.05) is 30.8 Å². The van der Waals surface area contributed by atoms with Crippen LogP contribution >= 0.6 is 0 Å². The number of carbonyl (C=O) groups excluding carboxylic acids is 2. The van der Waals surface area contributed by atoms with Crippen LogP contribution in [-0.2, 0) is 9.59 Å². The van der Waals surface area contributed by atoms with Gasteiger partial charge in [-0.2, -0.15) is 5.10 Å². The van der Waals surface area contributed by atoms with E-state index in [4.69, 9.17) is 0 Å². The lowest BCUT2D eigenvalue weighted by Gasteiger charge is -2.28. The van der Waals surface area contributed by atoms with Gasteiger partial charge in [-0.15, -0.1) is 0 Å². The predicted molar refractivity (Wildman–Crippen MR) is 107 cm³/mol. The molecular weight excluding hydrogens is 356 g/mol. The van der Waals surface area contributed by atoms with E-state index in [9.17, 15) is 9.59 Å². The minimum Gasteiger partial charge on any atom is -0.318 e. The molecule has 0 spiro atoms. The summed E-state index contributed by atoms with van der Waals surface area (Å²) in [6, 6.07) is 7.57. The molecule has 0 aliphatic carbocycles. The lowest BCUT2D eigenvalue weighted by atomic mass is 10.1. The molecule has 2 aromatic heterocycles. The van der Waals surface area contributed by atoms with Crippen molar-refractivity contribution in [1.82, 2.24) is 19.7 Å². The summed E-state index contributed by atoms with van der Waals surface area (Å²) < 4.78 is 1.87. The fourth-order valence-corrected chi connectivity index (χ4v) is 3.40. The number of hydrogen-bond donors (Lipinski definition) is 2. The van der Waals surface area contributed by atoms with Gasteiger partial charge >= 0.3 is 11.8 Å². The van der Waals surface area contributed by atoms with Gasteiger partial charge < -0.3 is 15.5 Å². The van der Waals surface area contributed by atoms with E-state index < -0.39 is 11.8 Å². The molecule has 8 heteroatoms. The molecule has 1 aromatic carbocycles. The largest absolute Gasteiger partial charge is 0.318 e. The Morgan fingerprint density at radius 3 is 2.54 bits per heavy atom. The van der Waals surface area contributed by atoms with Crippen LogP contribution in [0, 0.1) is 0 Å². The van der Waals surface area contributed by atoms with E-state index in [1.807, 2.05) is 16.8 Å². The van der Waals surface area contributed by atoms with E-state index in [1.54, 1.807) is 36.9 Å². The highest BCUT2D eigenvalue weighted by atomic mass is 16.2. The highest BCUT2D eigenvalue weighted by molar-refractivity contribution is 6.43. The van der Waals surface area contributed by atoms with Crippen LogP contribution in [0.4, 0.5) is 11.4 Å². The number of likely N-dealkylation sites (tertiary alicyclic amines) is 1. The Balaban J connectivity index is 1.37. The predicted octanol–water partition coefficient (Wildman–Crippen LogP) is 2.28. The van der Waals surface area contributed by atoms with Crippen LogP contribution in [-0.4, -0.2) is 51.6 Å². The Morgan fingerprint density at radius 2 is 1.75 bits per heavy atom. The third kappa shape index (κ3) is 4.01. The van der Waals surface area contributed by atoms with Gasteiger partial charge in [-0.25, -0.2) is 0 Å². The van der Waals surface area contributed by atoms with Crippen LogP contribution in [0.5, 0.6) is 0 Å². The average molecular weight is 378 g/mol. The van der Waals surface area contributed by atoms with E-state index in [1.165, 1.54) is 0 Å². The number of nitrogens with one attached hydrogen (secondary N) is 2. The van der Waals surface area contributed by atoms with Gasteiger partial charge in [0.1, 0.15) is 0 Å². The Morgan fingerprint density at radius 1 is 1.00 bits per heavy atom. The molecule has 28 heavy (non-hydrogen) atoms. The fraction of sp³-hybridized carbons (Fsp3) is 0.300. The first-order chi connectivity index (χ1) is 13.6. The second kappa shape index (κ2) is 7.77. The number of anilines is 2. The highest BCUT2D eigenvalue weighted by Crippen LogP contribution is 2.22. The van der Waals surface area contributed by atoms with Gasteiger partial charge in [0.05, 0.1) is 17.9 Å². The lowest BCUT2D eigenvalue weighted by Crippen LogP contribution is -2.31. The van der Waals surface area contributed by atoms with Gasteiger partial charge in [0, 0.05) is 29.7 Å². The van der Waals surface area contributed by atoms with Crippen molar-refractivity contribution >= 4 is 34.0 Å². The van der Waals surface area contributed by atoms with Crippen molar-refractivity contribution in [2.45, 2.75) is 18.9 Å². The van der Waals surface area contributed by atoms with Crippen LogP contribution in [0.3, 0.4) is 0 Å². The standard InChI is InChI=1S/C20H22N6O2/c1-25-8-5-18(6-9-25)26-13-17(12-22-26)24-20(28)19(27)23-16-3-2-15-11-21-7-4-14(15)10-16/h2-4,7,10-13,18H,5-6,8-9H2,1H3,(H,23,27)(H,24,28). The second-order valence-corrected chi connectivity index (χ2v) is 7.09. The van der Waals surface area contributed by atoms with Crippen LogP contribution < -0.4 is 10.6 Å². The third-order valence-corrected chi connectivity index (χ3v) is 5.03. The molecule has 144 valence electrons. The molecule has 1 aliphatic rings. The number of piperidine rings is 1. The molecule has 2 N–H and O–H groups in total. The number of benzene rings is 1. The molecule has 8 nitrogen and oxygen atoms in total. The van der Waals surface area contributed by atoms with Gasteiger partial charge in [0.15, 0.2) is 0 Å². The van der Waals surface area contributed by atoms with Gasteiger partial charge in [-0.3, -0.25) is 19.3 Å². The van der Waals surface area contributed by atoms with Crippen molar-refractivity contribution in [3.05, 3.63) is 49.1 Å². The van der Waals surface area contributed by atoms with Crippen molar-refractivity contribution in [2.24, 2.45) is 0 Å². The summed E-state index contributed by atoms with van der Waals surface area (Å²) in [5.41, 5.74) is 1.07. The molecule has 3 aromatic rings. The molecule has 1 fully saturated rings. The summed E-state index contributed by atoms with van der Waals surface area (Å²) in [6.07, 6.45) is 8.82. The lowest BCUT2D eigenvalue weighted by molar-refractivity contribution is -0.132. The number of nitrogens with zero attached hydrogens (tertiary/aromatic N) is 4. The van der Waals surface area contributed by atoms with Crippen LogP contribution in [0.2, 0.25) is 0 Å². The zero-order valence-corrected chi connectivity index (χ0v) is 15.6. The fourth-order valence-electron chi connectivity index (χ4n) is 3.40. The average Bonchev–Trinajstić information content (AvgIpc) is 3.17. The van der Waals surface area contributed by atoms with Crippen molar-refractivity contribution in [3.63, 3.8) is 0 Å². The summed E-state index contributed by atoms with van der Waals surface area (Å²) in [7, 11) is 2.11. The van der Waals surface area contributed by atoms with Crippen molar-refractivity contribution in [3.8, 4) is 0 Å². The molecule has 1 aliphatic heterocycles. The highest BCUT2D eigenvalue weighted by Gasteiger charge is 2.20. The zero-order valence-electron chi connectivity index (χ0n) is 15.6. The maximum atomic E-state index is 12.2. The first-order valence-corrected chi connectivity index (χ1v) is 9.27. The molecule has 0 radical (unpaired) electrons. The summed E-state index contributed by atoms with van der Waals surface area (Å²) in [4.78, 5) is 30.8. The number of hydrogen-bond acceptors (Lipinski definition) is 5. The Kier molecular flexibility index (Phi) is 5.03. The molecule has 0 saturated carbocycles. The smallest absolute Gasteiger partial charge is 0.314 e. The SMILES string of the molecule is CN1CCC(n2cc(NC(=O)C(=O)Nc3ccc4cnccc4c3)cn2)CC1. The first-order valence-electron chi connectivity index (χ1n) is 9.27. The Bertz CT molecular complexity index is 1010. The van der Waals surface area contributed by atoms with Crippen molar-refractivity contribution < 1.29 is 9.59 Å². The van der Waals surface area contributed by atoms with Gasteiger partial charge in [0.2, 0.25) is 0 Å². The number of amides is 2. The number of fused-ring (bicyclic) bond motifs is 1. The second-order valence-electron chi connectivity index (χ2n) is 7.09. The van der Waals surface area contributed by atoms with E-state index in [0.29, 0.717) is 17.4 Å². The summed E-state index contributed by atoms with van der Waals surface area (Å²) in [6.45, 7) is 2.05. The molecule has 4 rings (SSSR count). The minimum absolute atomic E-state index is 0.322. The van der Waals surface area contributed by atoms with Crippen LogP contribution in [0.1, 0.15) is 18.9 Å². The van der Waals surface area contributed by atoms with Crippen LogP contribution in [0.15, 0.2) is 49.1 Å². The maximum Gasteiger partial charge on any atom is 0.314 e. The molecule has 0 atom stereocenters. The Hall–Kier alpha value is -3.26. The molecule has 0 bridgehead atoms. The van der Waals surface area contributed by atoms with E-state index in [0.717, 1.165) is 36.7 Å². The van der Waals surface area contributed by atoms with E-state index in [-0.39, 0.29) is 0 Å². The number of carbonyl (C=O) groups is 2. The minimum atomic E-state index is -0.724. The molecule has 3 heterocycles. The number of rotatable bonds is 3.